The molecule has 3 aromatic rings. The molecule has 0 unspecified atom stereocenters. The molecule has 13 heteroatoms. The van der Waals surface area contributed by atoms with Crippen LogP contribution in [0, 0.1) is 17.0 Å². The van der Waals surface area contributed by atoms with Gasteiger partial charge in [-0.05, 0) is 44.0 Å². The van der Waals surface area contributed by atoms with Crippen LogP contribution in [-0.4, -0.2) is 35.0 Å². The van der Waals surface area contributed by atoms with Gasteiger partial charge in [-0.3, -0.25) is 35.3 Å². The number of hydrogen-bond donors (Lipinski definition) is 3. The van der Waals surface area contributed by atoms with E-state index in [-0.39, 0.29) is 23.0 Å². The van der Waals surface area contributed by atoms with Gasteiger partial charge in [0.2, 0.25) is 0 Å². The van der Waals surface area contributed by atoms with Crippen LogP contribution in [-0.2, 0) is 11.2 Å². The van der Waals surface area contributed by atoms with Crippen LogP contribution in [0.5, 0.6) is 5.75 Å². The number of nitrogens with one attached hydrogen (secondary N) is 3. The molecule has 1 aliphatic carbocycles. The van der Waals surface area contributed by atoms with Crippen LogP contribution in [0.2, 0.25) is 5.02 Å². The summed E-state index contributed by atoms with van der Waals surface area (Å²) >= 11 is 5.80. The second-order valence-electron chi connectivity index (χ2n) is 8.23. The van der Waals surface area contributed by atoms with Crippen molar-refractivity contribution in [3.63, 3.8) is 0 Å². The number of carbonyl (C=O) groups is 3. The Morgan fingerprint density at radius 3 is 2.61 bits per heavy atom. The third-order valence-electron chi connectivity index (χ3n) is 5.66. The number of hydrazine groups is 1. The molecule has 1 heterocycles. The highest BCUT2D eigenvalue weighted by Gasteiger charge is 2.28. The molecule has 1 aliphatic rings. The first-order valence-electron chi connectivity index (χ1n) is 11.4. The number of nitro benzene ring substituents is 1. The van der Waals surface area contributed by atoms with Gasteiger partial charge in [-0.1, -0.05) is 29.8 Å². The van der Waals surface area contributed by atoms with Crippen molar-refractivity contribution in [1.82, 2.24) is 16.3 Å². The number of hydrazone groups is 1. The topological polar surface area (TPSA) is 165 Å². The van der Waals surface area contributed by atoms with E-state index in [1.165, 1.54) is 12.1 Å². The van der Waals surface area contributed by atoms with Crippen LogP contribution in [0.15, 0.2) is 58.0 Å². The molecule has 0 radical (unpaired) electrons. The van der Waals surface area contributed by atoms with Crippen molar-refractivity contribution in [2.75, 3.05) is 6.61 Å². The lowest BCUT2D eigenvalue weighted by Gasteiger charge is -2.13. The van der Waals surface area contributed by atoms with Crippen molar-refractivity contribution < 1.29 is 28.5 Å². The molecule has 0 spiro atoms. The summed E-state index contributed by atoms with van der Waals surface area (Å²) in [6.07, 6.45) is 1.72. The molecule has 12 nitrogen and oxygen atoms in total. The quantitative estimate of drug-likeness (QED) is 0.305. The number of nitrogens with zero attached hydrogens (tertiary/aromatic N) is 2. The maximum absolute atomic E-state index is 12.7. The molecule has 1 aromatic heterocycles. The van der Waals surface area contributed by atoms with Crippen LogP contribution in [0.1, 0.15) is 50.6 Å². The average Bonchev–Trinajstić information content (AvgIpc) is 3.26. The number of carbonyl (C=O) groups excluding carboxylic acids is 3. The summed E-state index contributed by atoms with van der Waals surface area (Å²) < 4.78 is 11.1. The maximum Gasteiger partial charge on any atom is 0.305 e. The molecule has 196 valence electrons. The van der Waals surface area contributed by atoms with Gasteiger partial charge in [0.05, 0.1) is 10.6 Å². The van der Waals surface area contributed by atoms with Crippen molar-refractivity contribution in [2.24, 2.45) is 5.10 Å². The van der Waals surface area contributed by atoms with E-state index in [0.29, 0.717) is 47.6 Å². The fourth-order valence-electron chi connectivity index (χ4n) is 3.86. The van der Waals surface area contributed by atoms with Crippen molar-refractivity contribution in [2.45, 2.75) is 26.2 Å². The first-order chi connectivity index (χ1) is 18.2. The highest BCUT2D eigenvalue weighted by atomic mass is 35.5. The molecule has 0 saturated heterocycles. The number of halogens is 1. The number of benzene rings is 2. The first-order valence-corrected chi connectivity index (χ1v) is 11.8. The van der Waals surface area contributed by atoms with Gasteiger partial charge in [-0.2, -0.15) is 5.10 Å². The predicted molar refractivity (Wildman–Crippen MR) is 136 cm³/mol. The molecule has 3 N–H and O–H groups in total. The summed E-state index contributed by atoms with van der Waals surface area (Å²) in [6, 6.07) is 12.4. The standard InChI is InChI=1S/C25H22ClN5O7/c1-14-22-18(27-29-24(33)15-10-11-17(26)19(12-15)31(35)36)8-5-9-20(22)38-23(14)25(34)30-28-21(32)13-37-16-6-3-2-4-7-16/h2-4,6-7,10-12H,5,8-9,13H2,1H3,(H,28,32)(H,29,33)(H,30,34)/b27-18+. The van der Waals surface area contributed by atoms with Gasteiger partial charge in [0.1, 0.15) is 16.5 Å². The van der Waals surface area contributed by atoms with Gasteiger partial charge < -0.3 is 9.15 Å². The number of amides is 3. The minimum absolute atomic E-state index is 0.00599. The van der Waals surface area contributed by atoms with Crippen molar-refractivity contribution in [3.8, 4) is 5.75 Å². The van der Waals surface area contributed by atoms with Crippen LogP contribution in [0.25, 0.3) is 0 Å². The summed E-state index contributed by atoms with van der Waals surface area (Å²) in [4.78, 5) is 47.7. The fourth-order valence-corrected chi connectivity index (χ4v) is 4.04. The predicted octanol–water partition coefficient (Wildman–Crippen LogP) is 3.46. The third kappa shape index (κ3) is 5.98. The van der Waals surface area contributed by atoms with Gasteiger partial charge in [0.25, 0.3) is 17.5 Å². The highest BCUT2D eigenvalue weighted by Crippen LogP contribution is 2.30. The number of fused-ring (bicyclic) bond motifs is 1. The lowest BCUT2D eigenvalue weighted by Crippen LogP contribution is -2.43. The van der Waals surface area contributed by atoms with Crippen LogP contribution < -0.4 is 21.0 Å². The third-order valence-corrected chi connectivity index (χ3v) is 5.98. The minimum Gasteiger partial charge on any atom is -0.484 e. The molecule has 0 aliphatic heterocycles. The van der Waals surface area contributed by atoms with Crippen LogP contribution in [0.4, 0.5) is 5.69 Å². The summed E-state index contributed by atoms with van der Waals surface area (Å²) in [7, 11) is 0. The van der Waals surface area contributed by atoms with Crippen molar-refractivity contribution >= 4 is 40.7 Å². The molecular formula is C25H22ClN5O7. The first kappa shape index (κ1) is 26.4. The zero-order valence-electron chi connectivity index (χ0n) is 20.1. The smallest absolute Gasteiger partial charge is 0.305 e. The van der Waals surface area contributed by atoms with Gasteiger partial charge in [0, 0.05) is 29.2 Å². The normalized spacial score (nSPS) is 13.4. The Kier molecular flexibility index (Phi) is 8.02. The van der Waals surface area contributed by atoms with E-state index < -0.39 is 28.3 Å². The van der Waals surface area contributed by atoms with E-state index >= 15 is 0 Å². The zero-order valence-corrected chi connectivity index (χ0v) is 20.8. The molecule has 2 aromatic carbocycles. The summed E-state index contributed by atoms with van der Waals surface area (Å²) in [5.41, 5.74) is 8.16. The van der Waals surface area contributed by atoms with Gasteiger partial charge in [0.15, 0.2) is 12.4 Å². The minimum atomic E-state index is -0.682. The lowest BCUT2D eigenvalue weighted by molar-refractivity contribution is -0.384. The number of aryl methyl sites for hydroxylation is 1. The summed E-state index contributed by atoms with van der Waals surface area (Å²) in [5.74, 6) is -0.868. The molecule has 4 rings (SSSR count). The number of rotatable bonds is 7. The molecule has 0 fully saturated rings. The van der Waals surface area contributed by atoms with E-state index in [1.54, 1.807) is 31.2 Å². The Bertz CT molecular complexity index is 1440. The second-order valence-corrected chi connectivity index (χ2v) is 8.64. The SMILES string of the molecule is Cc1c(C(=O)NNC(=O)COc2ccccc2)oc2c1/C(=N/NC(=O)c1ccc(Cl)c([N+](=O)[O-])c1)CCC2. The number of ether oxygens (including phenoxy) is 1. The fraction of sp³-hybridized carbons (Fsp3) is 0.200. The lowest BCUT2D eigenvalue weighted by atomic mass is 9.93. The van der Waals surface area contributed by atoms with E-state index in [1.807, 2.05) is 6.07 Å². The highest BCUT2D eigenvalue weighted by molar-refractivity contribution is 6.32. The molecule has 0 atom stereocenters. The average molecular weight is 540 g/mol. The Balaban J connectivity index is 1.42. The number of nitro groups is 1. The Hall–Kier alpha value is -4.71. The maximum atomic E-state index is 12.7. The monoisotopic (exact) mass is 539 g/mol. The Labute approximate surface area is 221 Å². The number of furan rings is 1. The Morgan fingerprint density at radius 2 is 1.87 bits per heavy atom. The summed E-state index contributed by atoms with van der Waals surface area (Å²) in [6.45, 7) is 1.37. The molecule has 0 saturated carbocycles. The van der Waals surface area contributed by atoms with E-state index in [4.69, 9.17) is 20.8 Å². The van der Waals surface area contributed by atoms with Crippen molar-refractivity contribution in [3.05, 3.63) is 91.9 Å². The van der Waals surface area contributed by atoms with E-state index in [0.717, 1.165) is 6.07 Å². The largest absolute Gasteiger partial charge is 0.484 e. The summed E-state index contributed by atoms with van der Waals surface area (Å²) in [5, 5.41) is 15.2. The van der Waals surface area contributed by atoms with Gasteiger partial charge in [-0.15, -0.1) is 0 Å². The zero-order chi connectivity index (χ0) is 27.2. The molecule has 0 bridgehead atoms. The van der Waals surface area contributed by atoms with E-state index in [9.17, 15) is 24.5 Å². The molecular weight excluding hydrogens is 518 g/mol. The van der Waals surface area contributed by atoms with Crippen LogP contribution >= 0.6 is 11.6 Å². The second kappa shape index (κ2) is 11.6. The van der Waals surface area contributed by atoms with Crippen LogP contribution in [0.3, 0.4) is 0 Å². The van der Waals surface area contributed by atoms with Crippen molar-refractivity contribution in [1.29, 1.82) is 0 Å². The Morgan fingerprint density at radius 1 is 1.11 bits per heavy atom. The molecule has 3 amide bonds. The molecule has 38 heavy (non-hydrogen) atoms. The van der Waals surface area contributed by atoms with E-state index in [2.05, 4.69) is 21.4 Å². The van der Waals surface area contributed by atoms with Gasteiger partial charge in [-0.25, -0.2) is 5.43 Å². The van der Waals surface area contributed by atoms with Gasteiger partial charge >= 0.3 is 5.91 Å². The number of hydrogen-bond acceptors (Lipinski definition) is 8. The number of para-hydroxylation sites is 1.